The Kier molecular flexibility index (Phi) is 3.38. The smallest absolute Gasteiger partial charge is 0.0953 e. The molecule has 0 aliphatic heterocycles. The van der Waals surface area contributed by atoms with Crippen molar-refractivity contribution in [2.24, 2.45) is 11.7 Å². The minimum atomic E-state index is 0.516. The third-order valence-electron chi connectivity index (χ3n) is 4.37. The third-order valence-corrected chi connectivity index (χ3v) is 4.37. The summed E-state index contributed by atoms with van der Waals surface area (Å²) in [7, 11) is 0. The van der Waals surface area contributed by atoms with Crippen LogP contribution in [0.2, 0.25) is 0 Å². The van der Waals surface area contributed by atoms with E-state index < -0.39 is 0 Å². The van der Waals surface area contributed by atoms with E-state index in [0.29, 0.717) is 12.0 Å². The van der Waals surface area contributed by atoms with Crippen LogP contribution in [0.25, 0.3) is 11.3 Å². The molecule has 0 saturated heterocycles. The number of nitrogens with zero attached hydrogens (tertiary/aromatic N) is 2. The predicted molar refractivity (Wildman–Crippen MR) is 77.8 cm³/mol. The predicted octanol–water partition coefficient (Wildman–Crippen LogP) is 3.16. The summed E-state index contributed by atoms with van der Waals surface area (Å²) in [6, 6.07) is 9.02. The summed E-state index contributed by atoms with van der Waals surface area (Å²) in [4.78, 5) is 4.38. The maximum atomic E-state index is 5.92. The SMILES string of the molecule is Cc1ccccc1-c1cncn1C1CCCC1CN. The highest BCUT2D eigenvalue weighted by Gasteiger charge is 2.29. The monoisotopic (exact) mass is 255 g/mol. The van der Waals surface area contributed by atoms with E-state index in [1.165, 1.54) is 36.1 Å². The normalized spacial score (nSPS) is 22.8. The van der Waals surface area contributed by atoms with Crippen molar-refractivity contribution in [1.82, 2.24) is 9.55 Å². The van der Waals surface area contributed by atoms with Crippen molar-refractivity contribution in [3.8, 4) is 11.3 Å². The average Bonchev–Trinajstić information content (AvgIpc) is 3.07. The van der Waals surface area contributed by atoms with E-state index in [4.69, 9.17) is 5.73 Å². The number of aromatic nitrogens is 2. The highest BCUT2D eigenvalue weighted by Crippen LogP contribution is 2.38. The van der Waals surface area contributed by atoms with E-state index in [-0.39, 0.29) is 0 Å². The molecule has 0 radical (unpaired) electrons. The quantitative estimate of drug-likeness (QED) is 0.915. The molecule has 0 bridgehead atoms. The van der Waals surface area contributed by atoms with Crippen LogP contribution in [0.15, 0.2) is 36.8 Å². The van der Waals surface area contributed by atoms with Gasteiger partial charge in [-0.05, 0) is 37.8 Å². The summed E-state index contributed by atoms with van der Waals surface area (Å²) in [6.45, 7) is 2.93. The molecular formula is C16H21N3. The second-order valence-electron chi connectivity index (χ2n) is 5.50. The van der Waals surface area contributed by atoms with Crippen LogP contribution in [0, 0.1) is 12.8 Å². The number of hydrogen-bond donors (Lipinski definition) is 1. The second kappa shape index (κ2) is 5.17. The molecule has 0 spiro atoms. The van der Waals surface area contributed by atoms with Crippen molar-refractivity contribution in [3.63, 3.8) is 0 Å². The highest BCUT2D eigenvalue weighted by molar-refractivity contribution is 5.63. The molecule has 19 heavy (non-hydrogen) atoms. The molecule has 3 rings (SSSR count). The van der Waals surface area contributed by atoms with Gasteiger partial charge < -0.3 is 10.3 Å². The largest absolute Gasteiger partial charge is 0.330 e. The maximum Gasteiger partial charge on any atom is 0.0953 e. The van der Waals surface area contributed by atoms with E-state index in [1.54, 1.807) is 0 Å². The van der Waals surface area contributed by atoms with E-state index in [0.717, 1.165) is 6.54 Å². The molecule has 1 aromatic heterocycles. The topological polar surface area (TPSA) is 43.8 Å². The summed E-state index contributed by atoms with van der Waals surface area (Å²) < 4.78 is 2.34. The van der Waals surface area contributed by atoms with Crippen LogP contribution in [0.5, 0.6) is 0 Å². The van der Waals surface area contributed by atoms with Crippen LogP contribution in [0.1, 0.15) is 30.9 Å². The minimum Gasteiger partial charge on any atom is -0.330 e. The lowest BCUT2D eigenvalue weighted by atomic mass is 10.0. The minimum absolute atomic E-state index is 0.516. The van der Waals surface area contributed by atoms with Gasteiger partial charge in [0.15, 0.2) is 0 Å². The third kappa shape index (κ3) is 2.19. The molecule has 1 fully saturated rings. The van der Waals surface area contributed by atoms with E-state index >= 15 is 0 Å². The average molecular weight is 255 g/mol. The Bertz CT molecular complexity index is 559. The van der Waals surface area contributed by atoms with Crippen molar-refractivity contribution in [2.45, 2.75) is 32.2 Å². The molecule has 3 nitrogen and oxygen atoms in total. The number of benzene rings is 1. The van der Waals surface area contributed by atoms with Gasteiger partial charge in [-0.15, -0.1) is 0 Å². The first kappa shape index (κ1) is 12.4. The molecule has 2 aromatic rings. The van der Waals surface area contributed by atoms with Crippen LogP contribution in [-0.2, 0) is 0 Å². The van der Waals surface area contributed by atoms with Crippen LogP contribution in [0.4, 0.5) is 0 Å². The van der Waals surface area contributed by atoms with E-state index in [1.807, 2.05) is 12.5 Å². The molecule has 1 heterocycles. The Morgan fingerprint density at radius 3 is 2.95 bits per heavy atom. The van der Waals surface area contributed by atoms with Crippen molar-refractivity contribution in [2.75, 3.05) is 6.54 Å². The van der Waals surface area contributed by atoms with Crippen LogP contribution in [0.3, 0.4) is 0 Å². The molecule has 2 unspecified atom stereocenters. The Morgan fingerprint density at radius 2 is 2.16 bits per heavy atom. The summed E-state index contributed by atoms with van der Waals surface area (Å²) in [6.07, 6.45) is 7.69. The zero-order chi connectivity index (χ0) is 13.2. The van der Waals surface area contributed by atoms with E-state index in [9.17, 15) is 0 Å². The van der Waals surface area contributed by atoms with Gasteiger partial charge in [-0.25, -0.2) is 4.98 Å². The van der Waals surface area contributed by atoms with Gasteiger partial charge in [-0.2, -0.15) is 0 Å². The second-order valence-corrected chi connectivity index (χ2v) is 5.50. The molecule has 1 aliphatic carbocycles. The molecule has 1 aromatic carbocycles. The molecule has 0 amide bonds. The van der Waals surface area contributed by atoms with Gasteiger partial charge in [0.25, 0.3) is 0 Å². The van der Waals surface area contributed by atoms with Crippen molar-refractivity contribution < 1.29 is 0 Å². The first-order valence-electron chi connectivity index (χ1n) is 7.09. The Morgan fingerprint density at radius 1 is 1.32 bits per heavy atom. The molecule has 100 valence electrons. The fourth-order valence-electron chi connectivity index (χ4n) is 3.30. The van der Waals surface area contributed by atoms with Crippen molar-refractivity contribution in [1.29, 1.82) is 0 Å². The van der Waals surface area contributed by atoms with Gasteiger partial charge in [0.05, 0.1) is 18.2 Å². The number of nitrogens with two attached hydrogens (primary N) is 1. The molecule has 1 aliphatic rings. The van der Waals surface area contributed by atoms with Gasteiger partial charge in [0.2, 0.25) is 0 Å². The number of aryl methyl sites for hydroxylation is 1. The lowest BCUT2D eigenvalue weighted by Crippen LogP contribution is -2.21. The Labute approximate surface area is 114 Å². The van der Waals surface area contributed by atoms with Crippen LogP contribution in [-0.4, -0.2) is 16.1 Å². The van der Waals surface area contributed by atoms with Gasteiger partial charge in [-0.3, -0.25) is 0 Å². The standard InChI is InChI=1S/C16H21N3/c1-12-5-2-3-7-14(12)16-10-18-11-19(16)15-8-4-6-13(15)9-17/h2-3,5,7,10-11,13,15H,4,6,8-9,17H2,1H3. The number of rotatable bonds is 3. The molecular weight excluding hydrogens is 234 g/mol. The van der Waals surface area contributed by atoms with Gasteiger partial charge in [0.1, 0.15) is 0 Å². The molecule has 2 atom stereocenters. The lowest BCUT2D eigenvalue weighted by molar-refractivity contribution is 0.390. The Hall–Kier alpha value is -1.61. The Balaban J connectivity index is 2.01. The van der Waals surface area contributed by atoms with Crippen LogP contribution >= 0.6 is 0 Å². The zero-order valence-corrected chi connectivity index (χ0v) is 11.4. The number of imidazole rings is 1. The fourth-order valence-corrected chi connectivity index (χ4v) is 3.30. The highest BCUT2D eigenvalue weighted by atomic mass is 15.1. The molecule has 3 heteroatoms. The summed E-state index contributed by atoms with van der Waals surface area (Å²) in [5.74, 6) is 0.594. The van der Waals surface area contributed by atoms with Gasteiger partial charge in [-0.1, -0.05) is 30.7 Å². The maximum absolute atomic E-state index is 5.92. The van der Waals surface area contributed by atoms with Crippen LogP contribution < -0.4 is 5.73 Å². The fraction of sp³-hybridized carbons (Fsp3) is 0.438. The van der Waals surface area contributed by atoms with E-state index in [2.05, 4.69) is 40.7 Å². The number of hydrogen-bond acceptors (Lipinski definition) is 2. The van der Waals surface area contributed by atoms with Crippen molar-refractivity contribution in [3.05, 3.63) is 42.4 Å². The first-order chi connectivity index (χ1) is 9.31. The summed E-state index contributed by atoms with van der Waals surface area (Å²) in [5.41, 5.74) is 9.72. The lowest BCUT2D eigenvalue weighted by Gasteiger charge is -2.22. The molecule has 1 saturated carbocycles. The van der Waals surface area contributed by atoms with Gasteiger partial charge >= 0.3 is 0 Å². The zero-order valence-electron chi connectivity index (χ0n) is 11.4. The first-order valence-corrected chi connectivity index (χ1v) is 7.09. The van der Waals surface area contributed by atoms with Crippen molar-refractivity contribution >= 4 is 0 Å². The molecule has 2 N–H and O–H groups in total. The summed E-state index contributed by atoms with van der Waals surface area (Å²) >= 11 is 0. The van der Waals surface area contributed by atoms with Gasteiger partial charge in [0, 0.05) is 11.6 Å². The summed E-state index contributed by atoms with van der Waals surface area (Å²) in [5, 5.41) is 0.